The highest BCUT2D eigenvalue weighted by Gasteiger charge is 2.54. The Morgan fingerprint density at radius 2 is 1.40 bits per heavy atom. The minimum Gasteiger partial charge on any atom is -0.402 e. The van der Waals surface area contributed by atoms with E-state index in [0.717, 1.165) is 0 Å². The lowest BCUT2D eigenvalue weighted by Gasteiger charge is -2.32. The summed E-state index contributed by atoms with van der Waals surface area (Å²) < 4.78 is 89.5. The molecule has 1 saturated heterocycles. The normalized spacial score (nSPS) is 21.5. The molecule has 1 aromatic carbocycles. The first-order chi connectivity index (χ1) is 11.1. The highest BCUT2D eigenvalue weighted by molar-refractivity contribution is 6.47. The van der Waals surface area contributed by atoms with E-state index in [9.17, 15) is 26.3 Å². The Kier molecular flexibility index (Phi) is 4.72. The van der Waals surface area contributed by atoms with Crippen LogP contribution < -0.4 is 5.73 Å². The third kappa shape index (κ3) is 3.80. The van der Waals surface area contributed by atoms with Gasteiger partial charge in [-0.15, -0.1) is 0 Å². The maximum Gasteiger partial charge on any atom is 0.480 e. The van der Waals surface area contributed by atoms with Gasteiger partial charge in [0.1, 0.15) is 0 Å². The lowest BCUT2D eigenvalue weighted by Crippen LogP contribution is -2.41. The van der Waals surface area contributed by atoms with Crippen LogP contribution in [0.5, 0.6) is 0 Å². The van der Waals surface area contributed by atoms with Gasteiger partial charge in [-0.05, 0) is 51.5 Å². The van der Waals surface area contributed by atoms with Crippen LogP contribution in [-0.2, 0) is 21.7 Å². The fourth-order valence-corrected chi connectivity index (χ4v) is 2.45. The highest BCUT2D eigenvalue weighted by Crippen LogP contribution is 2.43. The molecule has 10 heteroatoms. The van der Waals surface area contributed by atoms with Gasteiger partial charge < -0.3 is 15.0 Å². The average Bonchev–Trinajstić information content (AvgIpc) is 2.64. The molecule has 0 aliphatic carbocycles. The summed E-state index contributed by atoms with van der Waals surface area (Å²) in [5, 5.41) is 0. The smallest absolute Gasteiger partial charge is 0.402 e. The quantitative estimate of drug-likeness (QED) is 0.623. The SMILES string of the molecule is CC1(C)OB([C@H](N)c2cc(C(F)(F)F)ccc2C(F)(F)F)OC1(C)C. The average molecular weight is 369 g/mol. The summed E-state index contributed by atoms with van der Waals surface area (Å²) in [6, 6.07) is 1.16. The van der Waals surface area contributed by atoms with E-state index < -0.39 is 53.3 Å². The highest BCUT2D eigenvalue weighted by atomic mass is 19.4. The molecule has 0 unspecified atom stereocenters. The van der Waals surface area contributed by atoms with Crippen LogP contribution in [0.4, 0.5) is 26.3 Å². The number of rotatable bonds is 2. The molecule has 0 aromatic heterocycles. The Balaban J connectivity index is 2.49. The van der Waals surface area contributed by atoms with Gasteiger partial charge in [-0.3, -0.25) is 0 Å². The number of hydrogen-bond donors (Lipinski definition) is 1. The van der Waals surface area contributed by atoms with Crippen LogP contribution in [0.3, 0.4) is 0 Å². The van der Waals surface area contributed by atoms with Crippen LogP contribution in [0.2, 0.25) is 0 Å². The maximum absolute atomic E-state index is 13.2. The van der Waals surface area contributed by atoms with E-state index in [-0.39, 0.29) is 0 Å². The third-order valence-electron chi connectivity index (χ3n) is 4.61. The Labute approximate surface area is 141 Å². The van der Waals surface area contributed by atoms with Crippen LogP contribution in [-0.4, -0.2) is 18.3 Å². The van der Waals surface area contributed by atoms with Gasteiger partial charge in [0.25, 0.3) is 0 Å². The van der Waals surface area contributed by atoms with Crippen LogP contribution in [0, 0.1) is 0 Å². The molecular formula is C15H18BF6NO2. The third-order valence-corrected chi connectivity index (χ3v) is 4.61. The lowest BCUT2D eigenvalue weighted by atomic mass is 9.73. The molecule has 0 saturated carbocycles. The van der Waals surface area contributed by atoms with Crippen molar-refractivity contribution >= 4 is 7.12 Å². The Bertz CT molecular complexity index is 640. The standard InChI is InChI=1S/C15H18BF6NO2/c1-12(2)13(3,4)25-16(24-12)11(23)9-7-8(14(17,18)19)5-6-10(9)15(20,21)22/h5-7,11H,23H2,1-4H3/t11-/m1/s1. The van der Waals surface area contributed by atoms with Gasteiger partial charge in [-0.2, -0.15) is 26.3 Å². The predicted molar refractivity (Wildman–Crippen MR) is 79.5 cm³/mol. The molecule has 3 nitrogen and oxygen atoms in total. The van der Waals surface area contributed by atoms with Crippen molar-refractivity contribution in [3.8, 4) is 0 Å². The van der Waals surface area contributed by atoms with Crippen molar-refractivity contribution in [2.75, 3.05) is 0 Å². The number of halogens is 6. The Morgan fingerprint density at radius 3 is 1.80 bits per heavy atom. The molecule has 1 aliphatic heterocycles. The maximum atomic E-state index is 13.2. The molecule has 25 heavy (non-hydrogen) atoms. The lowest BCUT2D eigenvalue weighted by molar-refractivity contribution is -0.141. The second-order valence-corrected chi connectivity index (χ2v) is 6.95. The van der Waals surface area contributed by atoms with E-state index in [1.807, 2.05) is 0 Å². The molecule has 2 N–H and O–H groups in total. The minimum atomic E-state index is -4.86. The van der Waals surface area contributed by atoms with Gasteiger partial charge in [0.05, 0.1) is 28.3 Å². The van der Waals surface area contributed by atoms with Crippen molar-refractivity contribution in [2.24, 2.45) is 5.73 Å². The van der Waals surface area contributed by atoms with Gasteiger partial charge in [0.2, 0.25) is 0 Å². The first-order valence-corrected chi connectivity index (χ1v) is 7.46. The van der Waals surface area contributed by atoms with Crippen molar-refractivity contribution in [3.63, 3.8) is 0 Å². The summed E-state index contributed by atoms with van der Waals surface area (Å²) in [5.41, 5.74) is 0.887. The predicted octanol–water partition coefficient (Wildman–Crippen LogP) is 4.36. The summed E-state index contributed by atoms with van der Waals surface area (Å²) >= 11 is 0. The molecule has 0 bridgehead atoms. The fourth-order valence-electron chi connectivity index (χ4n) is 2.45. The molecule has 1 aromatic rings. The van der Waals surface area contributed by atoms with E-state index in [1.165, 1.54) is 0 Å². The molecule has 1 heterocycles. The van der Waals surface area contributed by atoms with Gasteiger partial charge in [-0.25, -0.2) is 0 Å². The zero-order valence-corrected chi connectivity index (χ0v) is 14.0. The van der Waals surface area contributed by atoms with E-state index >= 15 is 0 Å². The van der Waals surface area contributed by atoms with Gasteiger partial charge >= 0.3 is 19.5 Å². The first-order valence-electron chi connectivity index (χ1n) is 7.46. The van der Waals surface area contributed by atoms with Crippen LogP contribution >= 0.6 is 0 Å². The number of benzene rings is 1. The topological polar surface area (TPSA) is 44.5 Å². The summed E-state index contributed by atoms with van der Waals surface area (Å²) in [6.07, 6.45) is -9.66. The molecule has 2 rings (SSSR count). The van der Waals surface area contributed by atoms with Gasteiger partial charge in [0.15, 0.2) is 0 Å². The molecule has 1 atom stereocenters. The molecular weight excluding hydrogens is 351 g/mol. The molecule has 0 amide bonds. The van der Waals surface area contributed by atoms with Gasteiger partial charge in [0, 0.05) is 0 Å². The van der Waals surface area contributed by atoms with Crippen molar-refractivity contribution in [1.82, 2.24) is 0 Å². The van der Waals surface area contributed by atoms with Crippen LogP contribution in [0.15, 0.2) is 18.2 Å². The monoisotopic (exact) mass is 369 g/mol. The second-order valence-electron chi connectivity index (χ2n) is 6.95. The number of hydrogen-bond acceptors (Lipinski definition) is 3. The van der Waals surface area contributed by atoms with Crippen molar-refractivity contribution in [3.05, 3.63) is 34.9 Å². The molecule has 1 fully saturated rings. The van der Waals surface area contributed by atoms with E-state index in [0.29, 0.717) is 18.2 Å². The largest absolute Gasteiger partial charge is 0.480 e. The van der Waals surface area contributed by atoms with Crippen LogP contribution in [0.1, 0.15) is 50.3 Å². The second kappa shape index (κ2) is 5.89. The van der Waals surface area contributed by atoms with E-state index in [1.54, 1.807) is 27.7 Å². The van der Waals surface area contributed by atoms with E-state index in [2.05, 4.69) is 0 Å². The summed E-state index contributed by atoms with van der Waals surface area (Å²) in [6.45, 7) is 6.65. The summed E-state index contributed by atoms with van der Waals surface area (Å²) in [4.78, 5) is 0. The Morgan fingerprint density at radius 1 is 0.920 bits per heavy atom. The van der Waals surface area contributed by atoms with E-state index in [4.69, 9.17) is 15.0 Å². The Hall–Kier alpha value is -1.26. The van der Waals surface area contributed by atoms with Crippen molar-refractivity contribution in [2.45, 2.75) is 57.2 Å². The first kappa shape index (κ1) is 20.1. The fraction of sp³-hybridized carbons (Fsp3) is 0.600. The van der Waals surface area contributed by atoms with Crippen LogP contribution in [0.25, 0.3) is 0 Å². The summed E-state index contributed by atoms with van der Waals surface area (Å²) in [5.74, 6) is -1.54. The van der Waals surface area contributed by atoms with Crippen molar-refractivity contribution < 1.29 is 35.7 Å². The molecule has 1 aliphatic rings. The zero-order valence-electron chi connectivity index (χ0n) is 14.0. The van der Waals surface area contributed by atoms with Crippen molar-refractivity contribution in [1.29, 1.82) is 0 Å². The molecule has 0 spiro atoms. The molecule has 0 radical (unpaired) electrons. The zero-order chi connectivity index (χ0) is 19.4. The summed E-state index contributed by atoms with van der Waals surface area (Å²) in [7, 11) is -1.31. The number of nitrogens with two attached hydrogens (primary N) is 1. The number of alkyl halides is 6. The van der Waals surface area contributed by atoms with Gasteiger partial charge in [-0.1, -0.05) is 0 Å². The molecule has 140 valence electrons. The minimum absolute atomic E-state index is 0.378.